The minimum absolute atomic E-state index is 0.00749. The molecule has 0 heterocycles. The molecule has 0 aliphatic carbocycles. The fourth-order valence-corrected chi connectivity index (χ4v) is 3.64. The molecular formula is C26H34O7. The average molecular weight is 459 g/mol. The van der Waals surface area contributed by atoms with Crippen LogP contribution in [0.3, 0.4) is 0 Å². The number of hydrogen-bond acceptors (Lipinski definition) is 6. The number of carboxylic acid groups (broad SMARTS) is 1. The Morgan fingerprint density at radius 2 is 1.67 bits per heavy atom. The zero-order chi connectivity index (χ0) is 24.6. The van der Waals surface area contributed by atoms with E-state index < -0.39 is 17.5 Å². The van der Waals surface area contributed by atoms with E-state index in [1.807, 2.05) is 6.92 Å². The molecule has 33 heavy (non-hydrogen) atoms. The van der Waals surface area contributed by atoms with E-state index in [1.54, 1.807) is 50.2 Å². The molecule has 0 aliphatic rings. The van der Waals surface area contributed by atoms with Gasteiger partial charge in [-0.1, -0.05) is 39.3 Å². The summed E-state index contributed by atoms with van der Waals surface area (Å²) in [6, 6.07) is 10.3. The third kappa shape index (κ3) is 7.22. The van der Waals surface area contributed by atoms with Gasteiger partial charge in [0.05, 0.1) is 31.3 Å². The molecule has 1 atom stereocenters. The van der Waals surface area contributed by atoms with Crippen molar-refractivity contribution in [2.24, 2.45) is 5.41 Å². The van der Waals surface area contributed by atoms with Crippen LogP contribution in [0.2, 0.25) is 0 Å². The lowest BCUT2D eigenvalue weighted by Crippen LogP contribution is -2.25. The lowest BCUT2D eigenvalue weighted by atomic mass is 9.80. The van der Waals surface area contributed by atoms with Gasteiger partial charge in [0, 0.05) is 17.4 Å². The second kappa shape index (κ2) is 11.7. The van der Waals surface area contributed by atoms with Gasteiger partial charge in [-0.15, -0.1) is 0 Å². The molecule has 2 rings (SSSR count). The third-order valence-corrected chi connectivity index (χ3v) is 5.48. The Morgan fingerprint density at radius 3 is 2.24 bits per heavy atom. The molecule has 3 N–H and O–H groups in total. The van der Waals surface area contributed by atoms with E-state index >= 15 is 0 Å². The number of Topliss-reactive ketones (excluding diaryl/α,β-unsaturated/α-hetero) is 1. The summed E-state index contributed by atoms with van der Waals surface area (Å²) >= 11 is 0. The number of carboxylic acids is 1. The highest BCUT2D eigenvalue weighted by Gasteiger charge is 2.31. The Bertz CT molecular complexity index is 948. The van der Waals surface area contributed by atoms with Crippen molar-refractivity contribution in [1.29, 1.82) is 0 Å². The molecule has 2 aromatic rings. The number of phenolic OH excluding ortho intramolecular Hbond substituents is 1. The number of ether oxygens (including phenoxy) is 2. The third-order valence-electron chi connectivity index (χ3n) is 5.48. The van der Waals surface area contributed by atoms with Crippen LogP contribution in [0.4, 0.5) is 0 Å². The first-order valence-corrected chi connectivity index (χ1v) is 11.2. The predicted octanol–water partition coefficient (Wildman–Crippen LogP) is 4.93. The van der Waals surface area contributed by atoms with Crippen LogP contribution in [-0.2, 0) is 11.2 Å². The molecular weight excluding hydrogens is 424 g/mol. The van der Waals surface area contributed by atoms with Gasteiger partial charge in [0.15, 0.2) is 5.78 Å². The van der Waals surface area contributed by atoms with E-state index in [1.165, 1.54) is 6.92 Å². The van der Waals surface area contributed by atoms with E-state index in [9.17, 15) is 19.8 Å². The summed E-state index contributed by atoms with van der Waals surface area (Å²) in [5.74, 6) is 0.0625. The fourth-order valence-electron chi connectivity index (χ4n) is 3.64. The Balaban J connectivity index is 1.88. The number of carbonyl (C=O) groups is 2. The Kier molecular flexibility index (Phi) is 9.29. The zero-order valence-electron chi connectivity index (χ0n) is 19.8. The number of aliphatic hydroxyl groups excluding tert-OH is 1. The molecule has 0 saturated heterocycles. The molecule has 0 fully saturated rings. The molecule has 0 saturated carbocycles. The molecule has 0 bridgehead atoms. The summed E-state index contributed by atoms with van der Waals surface area (Å²) in [6.45, 7) is 7.65. The maximum Gasteiger partial charge on any atom is 0.303 e. The lowest BCUT2D eigenvalue weighted by molar-refractivity contribution is -0.141. The van der Waals surface area contributed by atoms with E-state index in [-0.39, 0.29) is 18.0 Å². The molecule has 0 amide bonds. The van der Waals surface area contributed by atoms with Crippen molar-refractivity contribution in [3.63, 3.8) is 0 Å². The van der Waals surface area contributed by atoms with Crippen LogP contribution < -0.4 is 9.47 Å². The van der Waals surface area contributed by atoms with Gasteiger partial charge in [-0.25, -0.2) is 0 Å². The van der Waals surface area contributed by atoms with Gasteiger partial charge in [-0.2, -0.15) is 0 Å². The standard InChI is InChI=1S/C26H34O7/c1-5-7-21-22(13-12-20(17(2)27)24(21)30)33-15-6-14-32-19-10-8-18(9-11-19)25(31)26(3,4)16-23(28)29/h8-13,25,30-31H,5-7,14-16H2,1-4H3,(H,28,29). The average Bonchev–Trinajstić information content (AvgIpc) is 2.74. The zero-order valence-corrected chi connectivity index (χ0v) is 19.8. The molecule has 0 aliphatic heterocycles. The first kappa shape index (κ1) is 26.2. The van der Waals surface area contributed by atoms with Crippen molar-refractivity contribution in [3.8, 4) is 17.2 Å². The van der Waals surface area contributed by atoms with Gasteiger partial charge in [0.1, 0.15) is 17.2 Å². The highest BCUT2D eigenvalue weighted by atomic mass is 16.5. The molecule has 0 aromatic heterocycles. The molecule has 7 nitrogen and oxygen atoms in total. The highest BCUT2D eigenvalue weighted by molar-refractivity contribution is 5.97. The van der Waals surface area contributed by atoms with Gasteiger partial charge in [0.25, 0.3) is 0 Å². The summed E-state index contributed by atoms with van der Waals surface area (Å²) in [5.41, 5.74) is 0.786. The van der Waals surface area contributed by atoms with Crippen molar-refractivity contribution < 1.29 is 34.4 Å². The second-order valence-corrected chi connectivity index (χ2v) is 8.83. The molecule has 7 heteroatoms. The lowest BCUT2D eigenvalue weighted by Gasteiger charge is -2.29. The maximum absolute atomic E-state index is 11.7. The number of carbonyl (C=O) groups excluding carboxylic acids is 1. The molecule has 2 aromatic carbocycles. The van der Waals surface area contributed by atoms with E-state index in [0.717, 1.165) is 6.42 Å². The Labute approximate surface area is 195 Å². The number of benzene rings is 2. The van der Waals surface area contributed by atoms with Crippen LogP contribution in [0.5, 0.6) is 17.2 Å². The van der Waals surface area contributed by atoms with Gasteiger partial charge in [0.2, 0.25) is 0 Å². The van der Waals surface area contributed by atoms with Gasteiger partial charge in [-0.05, 0) is 43.2 Å². The van der Waals surface area contributed by atoms with Crippen molar-refractivity contribution in [2.45, 2.75) is 59.5 Å². The van der Waals surface area contributed by atoms with Gasteiger partial charge >= 0.3 is 5.97 Å². The largest absolute Gasteiger partial charge is 0.507 e. The predicted molar refractivity (Wildman–Crippen MR) is 125 cm³/mol. The first-order valence-electron chi connectivity index (χ1n) is 11.2. The summed E-state index contributed by atoms with van der Waals surface area (Å²) in [5, 5.41) is 29.9. The number of aliphatic carboxylic acids is 1. The number of aliphatic hydroxyl groups is 1. The Morgan fingerprint density at radius 1 is 1.03 bits per heavy atom. The van der Waals surface area contributed by atoms with Crippen LogP contribution in [0.1, 0.15) is 74.5 Å². The number of hydrogen-bond donors (Lipinski definition) is 3. The summed E-state index contributed by atoms with van der Waals surface area (Å²) < 4.78 is 11.6. The minimum Gasteiger partial charge on any atom is -0.507 e. The number of phenols is 1. The monoisotopic (exact) mass is 458 g/mol. The molecule has 180 valence electrons. The topological polar surface area (TPSA) is 113 Å². The van der Waals surface area contributed by atoms with Crippen LogP contribution in [0.25, 0.3) is 0 Å². The smallest absolute Gasteiger partial charge is 0.303 e. The molecule has 0 radical (unpaired) electrons. The number of ketones is 1. The summed E-state index contributed by atoms with van der Waals surface area (Å²) in [6.07, 6.45) is 0.991. The van der Waals surface area contributed by atoms with Crippen LogP contribution in [-0.4, -0.2) is 40.3 Å². The highest BCUT2D eigenvalue weighted by Crippen LogP contribution is 2.37. The van der Waals surface area contributed by atoms with Crippen LogP contribution in [0, 0.1) is 5.41 Å². The summed E-state index contributed by atoms with van der Waals surface area (Å²) in [7, 11) is 0. The van der Waals surface area contributed by atoms with Crippen LogP contribution >= 0.6 is 0 Å². The van der Waals surface area contributed by atoms with Crippen molar-refractivity contribution in [1.82, 2.24) is 0 Å². The van der Waals surface area contributed by atoms with Gasteiger partial charge in [-0.3, -0.25) is 9.59 Å². The van der Waals surface area contributed by atoms with Crippen molar-refractivity contribution in [3.05, 3.63) is 53.1 Å². The SMILES string of the molecule is CCCc1c(OCCCOc2ccc(C(O)C(C)(C)CC(=O)O)cc2)ccc(C(C)=O)c1O. The van der Waals surface area contributed by atoms with Crippen LogP contribution in [0.15, 0.2) is 36.4 Å². The van der Waals surface area contributed by atoms with E-state index in [2.05, 4.69) is 0 Å². The Hall–Kier alpha value is -3.06. The van der Waals surface area contributed by atoms with Gasteiger partial charge < -0.3 is 24.8 Å². The first-order chi connectivity index (χ1) is 15.6. The molecule has 1 unspecified atom stereocenters. The second-order valence-electron chi connectivity index (χ2n) is 8.83. The number of aromatic hydroxyl groups is 1. The van der Waals surface area contributed by atoms with Crippen molar-refractivity contribution >= 4 is 11.8 Å². The maximum atomic E-state index is 11.7. The number of rotatable bonds is 13. The van der Waals surface area contributed by atoms with Crippen molar-refractivity contribution in [2.75, 3.05) is 13.2 Å². The summed E-state index contributed by atoms with van der Waals surface area (Å²) in [4.78, 5) is 22.7. The van der Waals surface area contributed by atoms with E-state index in [4.69, 9.17) is 14.6 Å². The fraction of sp³-hybridized carbons (Fsp3) is 0.462. The quantitative estimate of drug-likeness (QED) is 0.288. The minimum atomic E-state index is -0.951. The molecule has 0 spiro atoms. The van der Waals surface area contributed by atoms with E-state index in [0.29, 0.717) is 54.2 Å². The normalized spacial score (nSPS) is 12.3.